The number of thiol groups is 1. The number of H-pyrrole nitrogens is 1. The molecule has 2 heteroatoms. The van der Waals surface area contributed by atoms with Gasteiger partial charge >= 0.3 is 0 Å². The molecule has 1 aromatic heterocycles. The Labute approximate surface area is 77.2 Å². The van der Waals surface area contributed by atoms with Gasteiger partial charge in [0, 0.05) is 22.9 Å². The molecule has 0 atom stereocenters. The number of fused-ring (bicyclic) bond motifs is 1. The number of hydrogen-bond acceptors (Lipinski definition) is 1. The first-order valence-corrected chi connectivity index (χ1v) is 4.62. The highest BCUT2D eigenvalue weighted by molar-refractivity contribution is 7.79. The fourth-order valence-electron chi connectivity index (χ4n) is 1.49. The molecule has 0 spiro atoms. The second-order valence-electron chi connectivity index (χ2n) is 2.97. The molecule has 0 amide bonds. The van der Waals surface area contributed by atoms with E-state index in [9.17, 15) is 0 Å². The number of aromatic nitrogens is 1. The van der Waals surface area contributed by atoms with Crippen molar-refractivity contribution in [2.75, 3.05) is 0 Å². The number of nitrogens with one attached hydrogen (secondary N) is 1. The molecule has 0 aliphatic carbocycles. The summed E-state index contributed by atoms with van der Waals surface area (Å²) in [5.41, 5.74) is 3.80. The third-order valence-corrected chi connectivity index (χ3v) is 2.52. The highest BCUT2D eigenvalue weighted by Gasteiger charge is 2.02. The Hall–Kier alpha value is -0.890. The first-order valence-electron chi connectivity index (χ1n) is 3.99. The summed E-state index contributed by atoms with van der Waals surface area (Å²) in [7, 11) is 0. The van der Waals surface area contributed by atoms with Gasteiger partial charge in [-0.2, -0.15) is 12.6 Å². The molecule has 0 fully saturated rings. The zero-order chi connectivity index (χ0) is 8.55. The summed E-state index contributed by atoms with van der Waals surface area (Å²) in [5, 5.41) is 1.30. The van der Waals surface area contributed by atoms with E-state index in [1.165, 1.54) is 22.0 Å². The standard InChI is InChI=1S/C10H11NS/c1-7-3-2-4-9-8(6-12)5-11-10(7)9/h2-5,11-12H,6H2,1H3. The molecule has 0 aliphatic heterocycles. The predicted octanol–water partition coefficient (Wildman–Crippen LogP) is 2.91. The molecule has 12 heavy (non-hydrogen) atoms. The molecule has 1 nitrogen and oxygen atoms in total. The molecule has 0 saturated carbocycles. The summed E-state index contributed by atoms with van der Waals surface area (Å²) in [6.07, 6.45) is 2.03. The Morgan fingerprint density at radius 2 is 2.25 bits per heavy atom. The summed E-state index contributed by atoms with van der Waals surface area (Å²) < 4.78 is 0. The zero-order valence-corrected chi connectivity index (χ0v) is 7.86. The van der Waals surface area contributed by atoms with Crippen molar-refractivity contribution in [3.05, 3.63) is 35.5 Å². The van der Waals surface area contributed by atoms with Crippen molar-refractivity contribution in [2.24, 2.45) is 0 Å². The van der Waals surface area contributed by atoms with Crippen molar-refractivity contribution in [2.45, 2.75) is 12.7 Å². The summed E-state index contributed by atoms with van der Waals surface area (Å²) in [4.78, 5) is 3.26. The van der Waals surface area contributed by atoms with Crippen LogP contribution in [-0.2, 0) is 5.75 Å². The van der Waals surface area contributed by atoms with Gasteiger partial charge in [0.15, 0.2) is 0 Å². The van der Waals surface area contributed by atoms with E-state index in [2.05, 4.69) is 42.7 Å². The Morgan fingerprint density at radius 3 is 3.00 bits per heavy atom. The van der Waals surface area contributed by atoms with E-state index in [1.54, 1.807) is 0 Å². The monoisotopic (exact) mass is 177 g/mol. The van der Waals surface area contributed by atoms with Crippen molar-refractivity contribution in [1.29, 1.82) is 0 Å². The van der Waals surface area contributed by atoms with Gasteiger partial charge in [-0.1, -0.05) is 18.2 Å². The molecule has 62 valence electrons. The number of aryl methyl sites for hydroxylation is 1. The maximum atomic E-state index is 4.27. The molecule has 0 saturated heterocycles. The van der Waals surface area contributed by atoms with Crippen molar-refractivity contribution in [1.82, 2.24) is 4.98 Å². The Kier molecular flexibility index (Phi) is 1.85. The average Bonchev–Trinajstić information content (AvgIpc) is 2.49. The molecule has 0 unspecified atom stereocenters. The third-order valence-electron chi connectivity index (χ3n) is 2.18. The van der Waals surface area contributed by atoms with Crippen LogP contribution in [0.4, 0.5) is 0 Å². The Bertz CT molecular complexity index is 403. The molecular weight excluding hydrogens is 166 g/mol. The highest BCUT2D eigenvalue weighted by atomic mass is 32.1. The van der Waals surface area contributed by atoms with Crippen LogP contribution in [0.2, 0.25) is 0 Å². The van der Waals surface area contributed by atoms with Crippen molar-refractivity contribution in [3.63, 3.8) is 0 Å². The number of aromatic amines is 1. The Balaban J connectivity index is 2.80. The van der Waals surface area contributed by atoms with Gasteiger partial charge in [0.05, 0.1) is 0 Å². The van der Waals surface area contributed by atoms with Gasteiger partial charge in [0.2, 0.25) is 0 Å². The van der Waals surface area contributed by atoms with Crippen molar-refractivity contribution in [3.8, 4) is 0 Å². The number of benzene rings is 1. The molecule has 1 aromatic carbocycles. The fourth-order valence-corrected chi connectivity index (χ4v) is 1.76. The van der Waals surface area contributed by atoms with Gasteiger partial charge in [-0.05, 0) is 18.1 Å². The molecule has 0 radical (unpaired) electrons. The SMILES string of the molecule is Cc1cccc2c(CS)c[nH]c12. The minimum Gasteiger partial charge on any atom is -0.361 e. The van der Waals surface area contributed by atoms with Gasteiger partial charge in [-0.3, -0.25) is 0 Å². The lowest BCUT2D eigenvalue weighted by Crippen LogP contribution is -1.75. The third kappa shape index (κ3) is 1.03. The van der Waals surface area contributed by atoms with Gasteiger partial charge < -0.3 is 4.98 Å². The number of rotatable bonds is 1. The molecule has 0 aliphatic rings. The van der Waals surface area contributed by atoms with Gasteiger partial charge in [0.1, 0.15) is 0 Å². The summed E-state index contributed by atoms with van der Waals surface area (Å²) >= 11 is 4.27. The van der Waals surface area contributed by atoms with Crippen LogP contribution in [0.1, 0.15) is 11.1 Å². The predicted molar refractivity (Wildman–Crippen MR) is 55.7 cm³/mol. The highest BCUT2D eigenvalue weighted by Crippen LogP contribution is 2.21. The van der Waals surface area contributed by atoms with Crippen LogP contribution in [-0.4, -0.2) is 4.98 Å². The topological polar surface area (TPSA) is 15.8 Å². The van der Waals surface area contributed by atoms with E-state index in [0.717, 1.165) is 5.75 Å². The van der Waals surface area contributed by atoms with E-state index < -0.39 is 0 Å². The zero-order valence-electron chi connectivity index (χ0n) is 6.96. The maximum Gasteiger partial charge on any atom is 0.0486 e. The molecule has 2 rings (SSSR count). The van der Waals surface area contributed by atoms with Gasteiger partial charge in [0.25, 0.3) is 0 Å². The fraction of sp³-hybridized carbons (Fsp3) is 0.200. The summed E-state index contributed by atoms with van der Waals surface area (Å²) in [6, 6.07) is 6.32. The molecule has 1 N–H and O–H groups in total. The van der Waals surface area contributed by atoms with Crippen molar-refractivity contribution < 1.29 is 0 Å². The summed E-state index contributed by atoms with van der Waals surface area (Å²) in [5.74, 6) is 0.795. The minimum atomic E-state index is 0.795. The van der Waals surface area contributed by atoms with E-state index in [0.29, 0.717) is 0 Å². The van der Waals surface area contributed by atoms with E-state index >= 15 is 0 Å². The molecular formula is C10H11NS. The molecule has 2 aromatic rings. The van der Waals surface area contributed by atoms with Crippen LogP contribution >= 0.6 is 12.6 Å². The second-order valence-corrected chi connectivity index (χ2v) is 3.29. The maximum absolute atomic E-state index is 4.27. The van der Waals surface area contributed by atoms with E-state index in [4.69, 9.17) is 0 Å². The van der Waals surface area contributed by atoms with Crippen molar-refractivity contribution >= 4 is 23.5 Å². The van der Waals surface area contributed by atoms with Gasteiger partial charge in [-0.25, -0.2) is 0 Å². The van der Waals surface area contributed by atoms with E-state index in [-0.39, 0.29) is 0 Å². The lowest BCUT2D eigenvalue weighted by atomic mass is 10.1. The van der Waals surface area contributed by atoms with E-state index in [1.807, 2.05) is 6.20 Å². The van der Waals surface area contributed by atoms with Crippen LogP contribution in [0.25, 0.3) is 10.9 Å². The number of para-hydroxylation sites is 1. The first kappa shape index (κ1) is 7.74. The van der Waals surface area contributed by atoms with Crippen LogP contribution in [0, 0.1) is 6.92 Å². The van der Waals surface area contributed by atoms with Crippen LogP contribution in [0.5, 0.6) is 0 Å². The van der Waals surface area contributed by atoms with Crippen LogP contribution in [0.3, 0.4) is 0 Å². The smallest absolute Gasteiger partial charge is 0.0486 e. The van der Waals surface area contributed by atoms with Gasteiger partial charge in [-0.15, -0.1) is 0 Å². The lowest BCUT2D eigenvalue weighted by Gasteiger charge is -1.95. The first-order chi connectivity index (χ1) is 5.83. The van der Waals surface area contributed by atoms with Crippen LogP contribution < -0.4 is 0 Å². The Morgan fingerprint density at radius 1 is 1.42 bits per heavy atom. The summed E-state index contributed by atoms with van der Waals surface area (Å²) in [6.45, 7) is 2.11. The normalized spacial score (nSPS) is 10.8. The van der Waals surface area contributed by atoms with Crippen LogP contribution in [0.15, 0.2) is 24.4 Å². The number of hydrogen-bond donors (Lipinski definition) is 2. The molecule has 1 heterocycles. The second kappa shape index (κ2) is 2.87. The average molecular weight is 177 g/mol. The lowest BCUT2D eigenvalue weighted by molar-refractivity contribution is 1.39. The minimum absolute atomic E-state index is 0.795. The molecule has 0 bridgehead atoms. The quantitative estimate of drug-likeness (QED) is 0.623. The largest absolute Gasteiger partial charge is 0.361 e.